The zero-order valence-electron chi connectivity index (χ0n) is 10.1. The van der Waals surface area contributed by atoms with Gasteiger partial charge in [-0.2, -0.15) is 0 Å². The lowest BCUT2D eigenvalue weighted by Gasteiger charge is -2.35. The minimum absolute atomic E-state index is 0.151. The number of aromatic nitrogens is 2. The van der Waals surface area contributed by atoms with Crippen LogP contribution in [-0.2, 0) is 4.74 Å². The minimum Gasteiger partial charge on any atom is -0.372 e. The third kappa shape index (κ3) is 2.55. The van der Waals surface area contributed by atoms with Gasteiger partial charge in [0, 0.05) is 31.7 Å². The average Bonchev–Trinajstić information content (AvgIpc) is 2.75. The van der Waals surface area contributed by atoms with E-state index >= 15 is 0 Å². The molecular formula is C10H16N4O2S. The van der Waals surface area contributed by atoms with E-state index in [1.54, 1.807) is 7.05 Å². The summed E-state index contributed by atoms with van der Waals surface area (Å²) in [5.74, 6) is -0.194. The Morgan fingerprint density at radius 3 is 2.71 bits per heavy atom. The quantitative estimate of drug-likeness (QED) is 0.835. The third-order valence-corrected chi connectivity index (χ3v) is 3.41. The number of nitrogens with one attached hydrogen (secondary N) is 1. The smallest absolute Gasteiger partial charge is 0.274 e. The Hall–Kier alpha value is -1.21. The molecule has 94 valence electrons. The van der Waals surface area contributed by atoms with Crippen molar-refractivity contribution in [1.82, 2.24) is 14.9 Å². The lowest BCUT2D eigenvalue weighted by atomic mass is 10.2. The summed E-state index contributed by atoms with van der Waals surface area (Å²) in [6.07, 6.45) is 0.303. The van der Waals surface area contributed by atoms with E-state index in [0.717, 1.165) is 18.1 Å². The number of rotatable bonds is 2. The predicted octanol–water partition coefficient (Wildman–Crippen LogP) is 0.511. The Kier molecular flexibility index (Phi) is 3.58. The van der Waals surface area contributed by atoms with E-state index in [2.05, 4.69) is 19.8 Å². The molecule has 2 atom stereocenters. The Balaban J connectivity index is 2.21. The summed E-state index contributed by atoms with van der Waals surface area (Å²) < 4.78 is 9.53. The van der Waals surface area contributed by atoms with Crippen LogP contribution in [0.1, 0.15) is 24.3 Å². The number of nitrogens with zero attached hydrogens (tertiary/aromatic N) is 3. The van der Waals surface area contributed by atoms with Gasteiger partial charge in [0.05, 0.1) is 12.2 Å². The number of amides is 1. The first-order valence-electron chi connectivity index (χ1n) is 5.56. The number of carbonyl (C=O) groups is 1. The van der Waals surface area contributed by atoms with Gasteiger partial charge in [0.2, 0.25) is 0 Å². The summed E-state index contributed by atoms with van der Waals surface area (Å²) >= 11 is 1.25. The van der Waals surface area contributed by atoms with Gasteiger partial charge in [-0.1, -0.05) is 4.49 Å². The highest BCUT2D eigenvalue weighted by atomic mass is 32.1. The van der Waals surface area contributed by atoms with Gasteiger partial charge in [0.15, 0.2) is 5.69 Å². The Morgan fingerprint density at radius 1 is 1.47 bits per heavy atom. The van der Waals surface area contributed by atoms with Crippen LogP contribution in [0, 0.1) is 0 Å². The maximum absolute atomic E-state index is 11.6. The Labute approximate surface area is 104 Å². The molecule has 2 heterocycles. The molecule has 6 nitrogen and oxygen atoms in total. The van der Waals surface area contributed by atoms with Crippen molar-refractivity contribution in [2.75, 3.05) is 25.0 Å². The highest BCUT2D eigenvalue weighted by Crippen LogP contribution is 2.26. The topological polar surface area (TPSA) is 67.4 Å². The molecule has 0 saturated carbocycles. The molecule has 1 saturated heterocycles. The molecular weight excluding hydrogens is 240 g/mol. The third-order valence-electron chi connectivity index (χ3n) is 2.62. The van der Waals surface area contributed by atoms with Crippen molar-refractivity contribution in [2.24, 2.45) is 0 Å². The molecule has 1 amide bonds. The molecule has 0 spiro atoms. The fraction of sp³-hybridized carbons (Fsp3) is 0.700. The minimum atomic E-state index is -0.194. The van der Waals surface area contributed by atoms with Crippen LogP contribution < -0.4 is 10.2 Å². The molecule has 7 heteroatoms. The first-order chi connectivity index (χ1) is 8.11. The van der Waals surface area contributed by atoms with Crippen LogP contribution in [0.5, 0.6) is 0 Å². The van der Waals surface area contributed by atoms with Crippen molar-refractivity contribution in [1.29, 1.82) is 0 Å². The van der Waals surface area contributed by atoms with Gasteiger partial charge in [-0.3, -0.25) is 4.79 Å². The zero-order chi connectivity index (χ0) is 12.4. The summed E-state index contributed by atoms with van der Waals surface area (Å²) in [4.78, 5) is 13.8. The fourth-order valence-corrected chi connectivity index (χ4v) is 2.68. The Bertz CT molecular complexity index is 399. The number of ether oxygens (including phenoxy) is 1. The molecule has 0 aromatic carbocycles. The molecule has 0 radical (unpaired) electrons. The molecule has 17 heavy (non-hydrogen) atoms. The number of anilines is 1. The second-order valence-corrected chi connectivity index (χ2v) is 4.90. The van der Waals surface area contributed by atoms with E-state index in [0.29, 0.717) is 5.69 Å². The van der Waals surface area contributed by atoms with Crippen LogP contribution >= 0.6 is 11.5 Å². The molecule has 1 aliphatic heterocycles. The van der Waals surface area contributed by atoms with Crippen molar-refractivity contribution >= 4 is 22.4 Å². The number of morpholine rings is 1. The van der Waals surface area contributed by atoms with E-state index in [-0.39, 0.29) is 18.1 Å². The normalized spacial score (nSPS) is 24.8. The molecule has 0 unspecified atom stereocenters. The molecule has 1 N–H and O–H groups in total. The number of carbonyl (C=O) groups excluding carboxylic acids is 1. The summed E-state index contributed by atoms with van der Waals surface area (Å²) in [6.45, 7) is 5.57. The lowest BCUT2D eigenvalue weighted by Crippen LogP contribution is -2.45. The van der Waals surface area contributed by atoms with Gasteiger partial charge in [-0.15, -0.1) is 5.10 Å². The van der Waals surface area contributed by atoms with Gasteiger partial charge in [-0.05, 0) is 13.8 Å². The number of hydrogen-bond acceptors (Lipinski definition) is 6. The first kappa shape index (κ1) is 12.3. The molecule has 1 aromatic heterocycles. The van der Waals surface area contributed by atoms with Crippen LogP contribution in [0.15, 0.2) is 0 Å². The van der Waals surface area contributed by atoms with Crippen LogP contribution in [-0.4, -0.2) is 47.8 Å². The van der Waals surface area contributed by atoms with Crippen LogP contribution in [0.4, 0.5) is 5.00 Å². The highest BCUT2D eigenvalue weighted by molar-refractivity contribution is 7.10. The summed E-state index contributed by atoms with van der Waals surface area (Å²) in [7, 11) is 1.59. The first-order valence-corrected chi connectivity index (χ1v) is 6.34. The molecule has 1 aliphatic rings. The second-order valence-electron chi connectivity index (χ2n) is 4.17. The summed E-state index contributed by atoms with van der Waals surface area (Å²) in [5, 5.41) is 7.29. The van der Waals surface area contributed by atoms with Crippen LogP contribution in [0.25, 0.3) is 0 Å². The highest BCUT2D eigenvalue weighted by Gasteiger charge is 2.27. The fourth-order valence-electron chi connectivity index (χ4n) is 2.00. The summed E-state index contributed by atoms with van der Waals surface area (Å²) in [6, 6.07) is 0. The maximum Gasteiger partial charge on any atom is 0.274 e. The monoisotopic (exact) mass is 256 g/mol. The van der Waals surface area contributed by atoms with E-state index in [4.69, 9.17) is 4.74 Å². The largest absolute Gasteiger partial charge is 0.372 e. The van der Waals surface area contributed by atoms with Gasteiger partial charge in [-0.25, -0.2) is 0 Å². The standard InChI is InChI=1S/C10H16N4O2S/c1-6-4-14(5-7(2)16-6)10-8(9(15)11-3)12-13-17-10/h6-7H,4-5H2,1-3H3,(H,11,15)/t6-,7+. The molecule has 2 rings (SSSR count). The molecule has 0 bridgehead atoms. The Morgan fingerprint density at radius 2 is 2.12 bits per heavy atom. The van der Waals surface area contributed by atoms with Crippen molar-refractivity contribution in [3.05, 3.63) is 5.69 Å². The van der Waals surface area contributed by atoms with E-state index in [1.807, 2.05) is 13.8 Å². The van der Waals surface area contributed by atoms with E-state index in [1.165, 1.54) is 11.5 Å². The van der Waals surface area contributed by atoms with Gasteiger partial charge >= 0.3 is 0 Å². The molecule has 1 aromatic rings. The maximum atomic E-state index is 11.6. The number of hydrogen-bond donors (Lipinski definition) is 1. The molecule has 0 aliphatic carbocycles. The van der Waals surface area contributed by atoms with Gasteiger partial charge in [0.25, 0.3) is 5.91 Å². The predicted molar refractivity (Wildman–Crippen MR) is 65.5 cm³/mol. The second kappa shape index (κ2) is 4.97. The SMILES string of the molecule is CNC(=O)c1nnsc1N1C[C@@H](C)O[C@@H](C)C1. The summed E-state index contributed by atoms with van der Waals surface area (Å²) in [5.41, 5.74) is 0.402. The van der Waals surface area contributed by atoms with Gasteiger partial charge in [0.1, 0.15) is 5.00 Å². The molecule has 1 fully saturated rings. The zero-order valence-corrected chi connectivity index (χ0v) is 11.0. The van der Waals surface area contributed by atoms with Crippen molar-refractivity contribution in [3.8, 4) is 0 Å². The lowest BCUT2D eigenvalue weighted by molar-refractivity contribution is -0.00507. The van der Waals surface area contributed by atoms with Crippen LogP contribution in [0.2, 0.25) is 0 Å². The average molecular weight is 256 g/mol. The van der Waals surface area contributed by atoms with Crippen molar-refractivity contribution in [2.45, 2.75) is 26.1 Å². The van der Waals surface area contributed by atoms with Gasteiger partial charge < -0.3 is 15.0 Å². The van der Waals surface area contributed by atoms with Crippen molar-refractivity contribution in [3.63, 3.8) is 0 Å². The van der Waals surface area contributed by atoms with E-state index in [9.17, 15) is 4.79 Å². The van der Waals surface area contributed by atoms with E-state index < -0.39 is 0 Å². The van der Waals surface area contributed by atoms with Crippen LogP contribution in [0.3, 0.4) is 0 Å². The van der Waals surface area contributed by atoms with Crippen molar-refractivity contribution < 1.29 is 9.53 Å².